The first-order valence-corrected chi connectivity index (χ1v) is 7.19. The number of nitrogens with one attached hydrogen (secondary N) is 1. The highest BCUT2D eigenvalue weighted by Gasteiger charge is 2.27. The van der Waals surface area contributed by atoms with Crippen LogP contribution in [-0.2, 0) is 11.2 Å². The molecule has 2 heteroatoms. The molecule has 0 aliphatic carbocycles. The monoisotopic (exact) mass is 257 g/mol. The summed E-state index contributed by atoms with van der Waals surface area (Å²) in [6.45, 7) is 5.83. The van der Waals surface area contributed by atoms with Gasteiger partial charge in [-0.15, -0.1) is 11.8 Å². The molecular formula is C17H23NO. The number of hydrogen-bond donors (Lipinski definition) is 1. The van der Waals surface area contributed by atoms with Gasteiger partial charge in [0.25, 0.3) is 0 Å². The molecule has 0 saturated heterocycles. The van der Waals surface area contributed by atoms with Crippen LogP contribution >= 0.6 is 0 Å². The first kappa shape index (κ1) is 14.1. The van der Waals surface area contributed by atoms with Crippen LogP contribution in [0.4, 0.5) is 0 Å². The van der Waals surface area contributed by atoms with Crippen molar-refractivity contribution in [2.45, 2.75) is 45.3 Å². The van der Waals surface area contributed by atoms with E-state index in [2.05, 4.69) is 48.3 Å². The number of ether oxygens (including phenoxy) is 1. The Kier molecular flexibility index (Phi) is 5.44. The summed E-state index contributed by atoms with van der Waals surface area (Å²) >= 11 is 0. The molecule has 0 bridgehead atoms. The third-order valence-corrected chi connectivity index (χ3v) is 3.62. The maximum absolute atomic E-state index is 6.04. The minimum Gasteiger partial charge on any atom is -0.372 e. The predicted octanol–water partition coefficient (Wildman–Crippen LogP) is 3.08. The number of fused-ring (bicyclic) bond motifs is 1. The van der Waals surface area contributed by atoms with E-state index >= 15 is 0 Å². The third kappa shape index (κ3) is 3.59. The highest BCUT2D eigenvalue weighted by atomic mass is 16.5. The maximum atomic E-state index is 6.04. The van der Waals surface area contributed by atoms with Crippen LogP contribution in [0.1, 0.15) is 43.9 Å². The Labute approximate surface area is 116 Å². The minimum atomic E-state index is 0.170. The van der Waals surface area contributed by atoms with E-state index in [0.717, 1.165) is 32.4 Å². The normalized spacial score (nSPS) is 19.2. The number of benzene rings is 1. The largest absolute Gasteiger partial charge is 0.372 e. The van der Waals surface area contributed by atoms with Crippen molar-refractivity contribution in [2.24, 2.45) is 0 Å². The third-order valence-electron chi connectivity index (χ3n) is 3.62. The summed E-state index contributed by atoms with van der Waals surface area (Å²) in [7, 11) is 0. The second-order valence-corrected chi connectivity index (χ2v) is 4.87. The lowest BCUT2D eigenvalue weighted by Gasteiger charge is -2.32. The molecular weight excluding hydrogens is 234 g/mol. The van der Waals surface area contributed by atoms with Gasteiger partial charge < -0.3 is 10.1 Å². The van der Waals surface area contributed by atoms with E-state index in [9.17, 15) is 0 Å². The van der Waals surface area contributed by atoms with Gasteiger partial charge in [0.2, 0.25) is 0 Å². The molecule has 2 unspecified atom stereocenters. The van der Waals surface area contributed by atoms with E-state index in [-0.39, 0.29) is 6.10 Å². The van der Waals surface area contributed by atoms with E-state index < -0.39 is 0 Å². The fraction of sp³-hybridized carbons (Fsp3) is 0.529. The molecule has 2 atom stereocenters. The Hall–Kier alpha value is -1.30. The molecule has 0 amide bonds. The molecule has 1 heterocycles. The molecule has 0 aromatic heterocycles. The molecule has 0 radical (unpaired) electrons. The Morgan fingerprint density at radius 3 is 3.05 bits per heavy atom. The van der Waals surface area contributed by atoms with E-state index in [0.29, 0.717) is 6.04 Å². The van der Waals surface area contributed by atoms with Gasteiger partial charge in [0.15, 0.2) is 0 Å². The van der Waals surface area contributed by atoms with Crippen molar-refractivity contribution in [3.05, 3.63) is 35.4 Å². The van der Waals surface area contributed by atoms with Gasteiger partial charge in [0, 0.05) is 12.5 Å². The van der Waals surface area contributed by atoms with Crippen LogP contribution in [0.25, 0.3) is 0 Å². The van der Waals surface area contributed by atoms with Gasteiger partial charge in [-0.3, -0.25) is 0 Å². The molecule has 0 spiro atoms. The van der Waals surface area contributed by atoms with Crippen molar-refractivity contribution in [3.8, 4) is 11.8 Å². The van der Waals surface area contributed by atoms with Gasteiger partial charge in [-0.2, -0.15) is 0 Å². The van der Waals surface area contributed by atoms with Crippen LogP contribution in [0.5, 0.6) is 0 Å². The molecule has 1 N–H and O–H groups in total. The summed E-state index contributed by atoms with van der Waals surface area (Å²) in [5, 5.41) is 3.56. The standard InChI is InChI=1S/C17H23NO/c1-3-5-6-11-16(18-4-2)17-15-10-8-7-9-14(15)12-13-19-17/h7-10,16-18H,4,6,11-13H2,1-2H3. The van der Waals surface area contributed by atoms with Crippen molar-refractivity contribution in [1.29, 1.82) is 0 Å². The predicted molar refractivity (Wildman–Crippen MR) is 79.0 cm³/mol. The summed E-state index contributed by atoms with van der Waals surface area (Å²) in [5.41, 5.74) is 2.78. The quantitative estimate of drug-likeness (QED) is 0.819. The van der Waals surface area contributed by atoms with Crippen LogP contribution in [0.3, 0.4) is 0 Å². The van der Waals surface area contributed by atoms with Crippen molar-refractivity contribution < 1.29 is 4.74 Å². The summed E-state index contributed by atoms with van der Waals surface area (Å²) in [6, 6.07) is 9.00. The van der Waals surface area contributed by atoms with Gasteiger partial charge in [-0.1, -0.05) is 31.2 Å². The van der Waals surface area contributed by atoms with Gasteiger partial charge in [0.05, 0.1) is 12.7 Å². The Balaban J connectivity index is 2.14. The lowest BCUT2D eigenvalue weighted by Crippen LogP contribution is -2.38. The van der Waals surface area contributed by atoms with Crippen LogP contribution in [0, 0.1) is 11.8 Å². The first-order chi connectivity index (χ1) is 9.36. The first-order valence-electron chi connectivity index (χ1n) is 7.19. The summed E-state index contributed by atoms with van der Waals surface area (Å²) < 4.78 is 6.04. The summed E-state index contributed by atoms with van der Waals surface area (Å²) in [4.78, 5) is 0. The Bertz CT molecular complexity index is 458. The fourth-order valence-corrected chi connectivity index (χ4v) is 2.73. The van der Waals surface area contributed by atoms with E-state index in [1.54, 1.807) is 0 Å². The van der Waals surface area contributed by atoms with Gasteiger partial charge in [-0.25, -0.2) is 0 Å². The zero-order valence-electron chi connectivity index (χ0n) is 11.9. The SMILES string of the molecule is CC#CCCC(NCC)C1OCCc2ccccc21. The van der Waals surface area contributed by atoms with Crippen LogP contribution in [0.2, 0.25) is 0 Å². The van der Waals surface area contributed by atoms with Gasteiger partial charge >= 0.3 is 0 Å². The van der Waals surface area contributed by atoms with E-state index in [1.165, 1.54) is 11.1 Å². The zero-order chi connectivity index (χ0) is 13.5. The molecule has 2 nitrogen and oxygen atoms in total. The van der Waals surface area contributed by atoms with Crippen LogP contribution < -0.4 is 5.32 Å². The smallest absolute Gasteiger partial charge is 0.0980 e. The highest BCUT2D eigenvalue weighted by Crippen LogP contribution is 2.31. The van der Waals surface area contributed by atoms with Crippen molar-refractivity contribution in [1.82, 2.24) is 5.32 Å². The summed E-state index contributed by atoms with van der Waals surface area (Å²) in [5.74, 6) is 6.12. The minimum absolute atomic E-state index is 0.170. The van der Waals surface area contributed by atoms with Crippen molar-refractivity contribution in [3.63, 3.8) is 0 Å². The molecule has 1 aliphatic rings. The molecule has 19 heavy (non-hydrogen) atoms. The molecule has 0 fully saturated rings. The van der Waals surface area contributed by atoms with Crippen LogP contribution in [0.15, 0.2) is 24.3 Å². The molecule has 2 rings (SSSR count). The molecule has 1 aliphatic heterocycles. The Morgan fingerprint density at radius 1 is 1.42 bits per heavy atom. The number of likely N-dealkylation sites (N-methyl/N-ethyl adjacent to an activating group) is 1. The maximum Gasteiger partial charge on any atom is 0.0980 e. The number of hydrogen-bond acceptors (Lipinski definition) is 2. The van der Waals surface area contributed by atoms with Crippen molar-refractivity contribution >= 4 is 0 Å². The van der Waals surface area contributed by atoms with E-state index in [4.69, 9.17) is 4.74 Å². The second-order valence-electron chi connectivity index (χ2n) is 4.87. The average molecular weight is 257 g/mol. The number of rotatable bonds is 5. The van der Waals surface area contributed by atoms with Gasteiger partial charge in [0.1, 0.15) is 0 Å². The highest BCUT2D eigenvalue weighted by molar-refractivity contribution is 5.32. The molecule has 1 aromatic carbocycles. The molecule has 0 saturated carbocycles. The van der Waals surface area contributed by atoms with Crippen LogP contribution in [-0.4, -0.2) is 19.2 Å². The topological polar surface area (TPSA) is 21.3 Å². The molecule has 1 aromatic rings. The lowest BCUT2D eigenvalue weighted by atomic mass is 9.91. The zero-order valence-corrected chi connectivity index (χ0v) is 11.9. The molecule has 102 valence electrons. The van der Waals surface area contributed by atoms with Crippen molar-refractivity contribution in [2.75, 3.05) is 13.2 Å². The summed E-state index contributed by atoms with van der Waals surface area (Å²) in [6.07, 6.45) is 3.16. The average Bonchev–Trinajstić information content (AvgIpc) is 2.46. The van der Waals surface area contributed by atoms with Gasteiger partial charge in [-0.05, 0) is 37.4 Å². The second kappa shape index (κ2) is 7.33. The Morgan fingerprint density at radius 2 is 2.26 bits per heavy atom. The lowest BCUT2D eigenvalue weighted by molar-refractivity contribution is 0.0140. The fourth-order valence-electron chi connectivity index (χ4n) is 2.73. The van der Waals surface area contributed by atoms with E-state index in [1.807, 2.05) is 6.92 Å².